The van der Waals surface area contributed by atoms with E-state index >= 15 is 0 Å². The lowest BCUT2D eigenvalue weighted by Crippen LogP contribution is -2.30. The van der Waals surface area contributed by atoms with E-state index in [9.17, 15) is 18.0 Å². The molecule has 0 radical (unpaired) electrons. The van der Waals surface area contributed by atoms with Crippen molar-refractivity contribution >= 4 is 23.4 Å². The highest BCUT2D eigenvalue weighted by atomic mass is 19.4. The van der Waals surface area contributed by atoms with Gasteiger partial charge in [-0.15, -0.1) is 0 Å². The van der Waals surface area contributed by atoms with Crippen LogP contribution in [0.1, 0.15) is 24.2 Å². The Kier molecular flexibility index (Phi) is 5.38. The molecule has 0 spiro atoms. The van der Waals surface area contributed by atoms with Crippen LogP contribution in [0.5, 0.6) is 0 Å². The molecule has 1 amide bonds. The maximum absolute atomic E-state index is 12.9. The monoisotopic (exact) mass is 371 g/mol. The average Bonchev–Trinajstić information content (AvgIpc) is 2.93. The van der Waals surface area contributed by atoms with Gasteiger partial charge in [-0.3, -0.25) is 9.48 Å². The molecule has 2 N–H and O–H groups in total. The number of aromatic nitrogens is 4. The molecule has 2 heterocycles. The number of carbonyl (C=O) groups excluding carboxylic acids is 1. The summed E-state index contributed by atoms with van der Waals surface area (Å²) in [5.41, 5.74) is 0.163. The molecule has 0 aromatic carbocycles. The highest BCUT2D eigenvalue weighted by Gasteiger charge is 2.35. The van der Waals surface area contributed by atoms with Gasteiger partial charge in [0.05, 0.1) is 17.6 Å². The Balaban J connectivity index is 2.29. The SMILES string of the molecule is CNc1nc(Nc2cnn([C@@H](C)C(=O)N(C)C)c2C)ncc1C(F)(F)F. The molecule has 26 heavy (non-hydrogen) atoms. The van der Waals surface area contributed by atoms with Gasteiger partial charge >= 0.3 is 6.18 Å². The van der Waals surface area contributed by atoms with E-state index in [1.54, 1.807) is 27.9 Å². The number of amides is 1. The van der Waals surface area contributed by atoms with E-state index in [1.807, 2.05) is 0 Å². The minimum Gasteiger partial charge on any atom is -0.372 e. The summed E-state index contributed by atoms with van der Waals surface area (Å²) < 4.78 is 40.2. The molecule has 0 unspecified atom stereocenters. The van der Waals surface area contributed by atoms with Gasteiger partial charge in [-0.1, -0.05) is 0 Å². The van der Waals surface area contributed by atoms with Crippen molar-refractivity contribution in [2.45, 2.75) is 26.1 Å². The van der Waals surface area contributed by atoms with Gasteiger partial charge in [0.1, 0.15) is 17.4 Å². The highest BCUT2D eigenvalue weighted by molar-refractivity contribution is 5.79. The molecule has 0 bridgehead atoms. The fourth-order valence-electron chi connectivity index (χ4n) is 2.38. The van der Waals surface area contributed by atoms with E-state index in [1.165, 1.54) is 22.8 Å². The molecule has 2 aromatic heterocycles. The standard InChI is InChI=1S/C15H20F3N7O/c1-8-11(7-21-25(8)9(2)13(26)24(4)5)22-14-20-6-10(15(16,17)18)12(19-3)23-14/h6-7,9H,1-5H3,(H2,19,20,22,23)/t9-/m0/s1. The molecule has 2 aromatic rings. The number of rotatable bonds is 5. The predicted molar refractivity (Wildman–Crippen MR) is 90.2 cm³/mol. The molecular formula is C15H20F3N7O. The van der Waals surface area contributed by atoms with Gasteiger partial charge in [0, 0.05) is 27.3 Å². The molecule has 142 valence electrons. The first-order valence-corrected chi connectivity index (χ1v) is 7.70. The lowest BCUT2D eigenvalue weighted by molar-refractivity contribution is -0.137. The van der Waals surface area contributed by atoms with Crippen molar-refractivity contribution in [3.05, 3.63) is 23.7 Å². The number of anilines is 3. The second kappa shape index (κ2) is 7.18. The molecule has 2 rings (SSSR count). The van der Waals surface area contributed by atoms with Crippen LogP contribution in [-0.4, -0.2) is 51.7 Å². The first kappa shape index (κ1) is 19.5. The number of likely N-dealkylation sites (N-methyl/N-ethyl adjacent to an activating group) is 1. The topological polar surface area (TPSA) is 88.0 Å². The van der Waals surface area contributed by atoms with Crippen LogP contribution in [0.3, 0.4) is 0 Å². The van der Waals surface area contributed by atoms with Crippen LogP contribution in [-0.2, 0) is 11.0 Å². The number of nitrogens with zero attached hydrogens (tertiary/aromatic N) is 5. The molecule has 0 aliphatic rings. The van der Waals surface area contributed by atoms with Crippen molar-refractivity contribution in [2.75, 3.05) is 31.8 Å². The summed E-state index contributed by atoms with van der Waals surface area (Å²) in [7, 11) is 4.64. The van der Waals surface area contributed by atoms with Crippen molar-refractivity contribution in [3.8, 4) is 0 Å². The summed E-state index contributed by atoms with van der Waals surface area (Å²) in [5.74, 6) is -0.487. The van der Waals surface area contributed by atoms with Crippen molar-refractivity contribution in [3.63, 3.8) is 0 Å². The number of alkyl halides is 3. The fraction of sp³-hybridized carbons (Fsp3) is 0.467. The van der Waals surface area contributed by atoms with Gasteiger partial charge in [0.2, 0.25) is 11.9 Å². The lowest BCUT2D eigenvalue weighted by atomic mass is 10.3. The molecule has 0 aliphatic heterocycles. The third kappa shape index (κ3) is 3.86. The second-order valence-corrected chi connectivity index (χ2v) is 5.83. The Morgan fingerprint density at radius 2 is 1.96 bits per heavy atom. The van der Waals surface area contributed by atoms with Crippen LogP contribution >= 0.6 is 0 Å². The second-order valence-electron chi connectivity index (χ2n) is 5.83. The molecular weight excluding hydrogens is 351 g/mol. The summed E-state index contributed by atoms with van der Waals surface area (Å²) in [6.07, 6.45) is -2.38. The Morgan fingerprint density at radius 1 is 1.31 bits per heavy atom. The molecule has 11 heteroatoms. The van der Waals surface area contributed by atoms with Crippen molar-refractivity contribution in [2.24, 2.45) is 0 Å². The Morgan fingerprint density at radius 3 is 2.50 bits per heavy atom. The predicted octanol–water partition coefficient (Wildman–Crippen LogP) is 2.43. The van der Waals surface area contributed by atoms with Crippen molar-refractivity contribution in [1.82, 2.24) is 24.6 Å². The average molecular weight is 371 g/mol. The van der Waals surface area contributed by atoms with Gasteiger partial charge < -0.3 is 15.5 Å². The lowest BCUT2D eigenvalue weighted by Gasteiger charge is -2.18. The highest BCUT2D eigenvalue weighted by Crippen LogP contribution is 2.34. The summed E-state index contributed by atoms with van der Waals surface area (Å²) in [6, 6.07) is -0.526. The zero-order chi connectivity index (χ0) is 19.6. The van der Waals surface area contributed by atoms with Crippen LogP contribution < -0.4 is 10.6 Å². The minimum absolute atomic E-state index is 0.0170. The number of nitrogens with one attached hydrogen (secondary N) is 2. The van der Waals surface area contributed by atoms with Crippen molar-refractivity contribution < 1.29 is 18.0 Å². The van der Waals surface area contributed by atoms with Crippen LogP contribution in [0.15, 0.2) is 12.4 Å². The number of carbonyl (C=O) groups is 1. The summed E-state index contributed by atoms with van der Waals surface area (Å²) in [5, 5.41) is 9.41. The van der Waals surface area contributed by atoms with Gasteiger partial charge in [-0.05, 0) is 13.8 Å². The van der Waals surface area contributed by atoms with E-state index < -0.39 is 17.8 Å². The maximum atomic E-state index is 12.9. The van der Waals surface area contributed by atoms with E-state index in [0.29, 0.717) is 17.6 Å². The normalized spacial score (nSPS) is 12.6. The zero-order valence-corrected chi connectivity index (χ0v) is 15.0. The minimum atomic E-state index is -4.56. The fourth-order valence-corrected chi connectivity index (χ4v) is 2.38. The quantitative estimate of drug-likeness (QED) is 0.839. The third-order valence-electron chi connectivity index (χ3n) is 3.79. The van der Waals surface area contributed by atoms with Gasteiger partial charge in [-0.2, -0.15) is 23.3 Å². The van der Waals surface area contributed by atoms with Crippen LogP contribution in [0.25, 0.3) is 0 Å². The van der Waals surface area contributed by atoms with E-state index in [-0.39, 0.29) is 17.7 Å². The molecule has 1 atom stereocenters. The summed E-state index contributed by atoms with van der Waals surface area (Å²) in [6.45, 7) is 3.44. The molecule has 0 saturated carbocycles. The zero-order valence-electron chi connectivity index (χ0n) is 15.0. The molecule has 0 saturated heterocycles. The van der Waals surface area contributed by atoms with Crippen LogP contribution in [0.4, 0.5) is 30.6 Å². The number of hydrogen-bond donors (Lipinski definition) is 2. The van der Waals surface area contributed by atoms with Gasteiger partial charge in [-0.25, -0.2) is 4.98 Å². The number of hydrogen-bond acceptors (Lipinski definition) is 6. The largest absolute Gasteiger partial charge is 0.421 e. The maximum Gasteiger partial charge on any atom is 0.421 e. The van der Waals surface area contributed by atoms with Gasteiger partial charge in [0.15, 0.2) is 0 Å². The summed E-state index contributed by atoms with van der Waals surface area (Å²) in [4.78, 5) is 21.1. The Labute approximate surface area is 148 Å². The molecule has 0 aliphatic carbocycles. The van der Waals surface area contributed by atoms with E-state index in [4.69, 9.17) is 0 Å². The van der Waals surface area contributed by atoms with Crippen molar-refractivity contribution in [1.29, 1.82) is 0 Å². The first-order valence-electron chi connectivity index (χ1n) is 7.70. The van der Waals surface area contributed by atoms with Crippen LogP contribution in [0, 0.1) is 6.92 Å². The molecule has 0 fully saturated rings. The Hall–Kier alpha value is -2.85. The van der Waals surface area contributed by atoms with E-state index in [0.717, 1.165) is 0 Å². The van der Waals surface area contributed by atoms with Crippen LogP contribution in [0.2, 0.25) is 0 Å². The smallest absolute Gasteiger partial charge is 0.372 e. The van der Waals surface area contributed by atoms with Gasteiger partial charge in [0.25, 0.3) is 0 Å². The first-order chi connectivity index (χ1) is 12.1. The third-order valence-corrected chi connectivity index (χ3v) is 3.79. The Bertz CT molecular complexity index is 801. The van der Waals surface area contributed by atoms with E-state index in [2.05, 4.69) is 25.7 Å². The number of halogens is 3. The molecule has 8 nitrogen and oxygen atoms in total. The summed E-state index contributed by atoms with van der Waals surface area (Å²) >= 11 is 0.